The number of methoxy groups -OCH3 is 1. The highest BCUT2D eigenvalue weighted by atomic mass is 16.5. The quantitative estimate of drug-likeness (QED) is 0.642. The predicted octanol–water partition coefficient (Wildman–Crippen LogP) is 4.70. The number of allylic oxidation sites excluding steroid dienone is 2. The van der Waals surface area contributed by atoms with Gasteiger partial charge in [0.1, 0.15) is 5.75 Å². The SMILES string of the molecule is CCOc1ccc2c(c1)[C@@H]1C=CC[C@@H]1[C@@H](c1ccc(C(=O)OC)cc1)N2. The molecule has 2 aliphatic rings. The van der Waals surface area contributed by atoms with Crippen LogP contribution in [0.1, 0.15) is 46.8 Å². The number of hydrogen-bond donors (Lipinski definition) is 1. The van der Waals surface area contributed by atoms with E-state index in [1.807, 2.05) is 37.3 Å². The summed E-state index contributed by atoms with van der Waals surface area (Å²) in [5, 5.41) is 3.70. The standard InChI is InChI=1S/C22H23NO3/c1-3-26-16-11-12-20-19(13-16)17-5-4-6-18(17)21(23-20)14-7-9-15(10-8-14)22(24)25-2/h4-5,7-13,17-18,21,23H,3,6H2,1-2H3/t17-,18+,21-/m1/s1. The summed E-state index contributed by atoms with van der Waals surface area (Å²) in [7, 11) is 1.40. The van der Waals surface area contributed by atoms with Crippen LogP contribution in [0.3, 0.4) is 0 Å². The summed E-state index contributed by atoms with van der Waals surface area (Å²) >= 11 is 0. The van der Waals surface area contributed by atoms with E-state index >= 15 is 0 Å². The van der Waals surface area contributed by atoms with Crippen LogP contribution in [-0.4, -0.2) is 19.7 Å². The summed E-state index contributed by atoms with van der Waals surface area (Å²) in [5.74, 6) is 1.47. The first-order valence-corrected chi connectivity index (χ1v) is 9.09. The van der Waals surface area contributed by atoms with Crippen LogP contribution in [0.5, 0.6) is 5.75 Å². The maximum absolute atomic E-state index is 11.7. The van der Waals surface area contributed by atoms with Crippen LogP contribution in [0.4, 0.5) is 5.69 Å². The molecule has 0 amide bonds. The summed E-state index contributed by atoms with van der Waals surface area (Å²) in [6, 6.07) is 14.2. The third-order valence-corrected chi connectivity index (χ3v) is 5.34. The highest BCUT2D eigenvalue weighted by Crippen LogP contribution is 2.50. The molecule has 0 spiro atoms. The number of hydrogen-bond acceptors (Lipinski definition) is 4. The Morgan fingerprint density at radius 2 is 2.00 bits per heavy atom. The van der Waals surface area contributed by atoms with Crippen molar-refractivity contribution in [1.82, 2.24) is 0 Å². The minimum absolute atomic E-state index is 0.215. The van der Waals surface area contributed by atoms with Gasteiger partial charge in [-0.05, 0) is 60.7 Å². The Bertz CT molecular complexity index is 841. The van der Waals surface area contributed by atoms with Crippen LogP contribution in [0.2, 0.25) is 0 Å². The van der Waals surface area contributed by atoms with Gasteiger partial charge in [-0.25, -0.2) is 4.79 Å². The lowest BCUT2D eigenvalue weighted by molar-refractivity contribution is 0.0600. The lowest BCUT2D eigenvalue weighted by atomic mass is 9.77. The maximum Gasteiger partial charge on any atom is 0.337 e. The average molecular weight is 349 g/mol. The molecule has 0 unspecified atom stereocenters. The van der Waals surface area contributed by atoms with Crippen LogP contribution in [0.15, 0.2) is 54.6 Å². The van der Waals surface area contributed by atoms with Gasteiger partial charge in [0, 0.05) is 11.6 Å². The lowest BCUT2D eigenvalue weighted by Gasteiger charge is -2.37. The molecule has 1 N–H and O–H groups in total. The summed E-state index contributed by atoms with van der Waals surface area (Å²) in [6.07, 6.45) is 5.63. The van der Waals surface area contributed by atoms with Crippen molar-refractivity contribution in [3.8, 4) is 5.75 Å². The number of carbonyl (C=O) groups is 1. The smallest absolute Gasteiger partial charge is 0.337 e. The molecule has 0 fully saturated rings. The third kappa shape index (κ3) is 2.85. The Kier molecular flexibility index (Phi) is 4.41. The number of fused-ring (bicyclic) bond motifs is 3. The predicted molar refractivity (Wildman–Crippen MR) is 102 cm³/mol. The molecule has 4 rings (SSSR count). The largest absolute Gasteiger partial charge is 0.494 e. The number of anilines is 1. The molecule has 0 bridgehead atoms. The summed E-state index contributed by atoms with van der Waals surface area (Å²) < 4.78 is 10.5. The van der Waals surface area contributed by atoms with Crippen molar-refractivity contribution in [3.63, 3.8) is 0 Å². The van der Waals surface area contributed by atoms with Gasteiger partial charge in [-0.15, -0.1) is 0 Å². The Balaban J connectivity index is 1.66. The van der Waals surface area contributed by atoms with Crippen LogP contribution in [-0.2, 0) is 4.74 Å². The van der Waals surface area contributed by atoms with Gasteiger partial charge in [0.15, 0.2) is 0 Å². The molecule has 4 nitrogen and oxygen atoms in total. The number of benzene rings is 2. The Hall–Kier alpha value is -2.75. The first-order chi connectivity index (χ1) is 12.7. The first kappa shape index (κ1) is 16.7. The van der Waals surface area contributed by atoms with Gasteiger partial charge in [0.05, 0.1) is 25.3 Å². The van der Waals surface area contributed by atoms with Gasteiger partial charge in [-0.1, -0.05) is 24.3 Å². The zero-order valence-electron chi connectivity index (χ0n) is 15.1. The molecule has 4 heteroatoms. The Labute approximate surface area is 153 Å². The van der Waals surface area contributed by atoms with E-state index in [2.05, 4.69) is 29.6 Å². The number of ether oxygens (including phenoxy) is 2. The number of nitrogens with one attached hydrogen (secondary N) is 1. The third-order valence-electron chi connectivity index (χ3n) is 5.34. The van der Waals surface area contributed by atoms with Gasteiger partial charge in [-0.2, -0.15) is 0 Å². The first-order valence-electron chi connectivity index (χ1n) is 9.09. The van der Waals surface area contributed by atoms with E-state index in [1.165, 1.54) is 18.2 Å². The van der Waals surface area contributed by atoms with Crippen molar-refractivity contribution in [2.45, 2.75) is 25.3 Å². The van der Waals surface area contributed by atoms with Crippen molar-refractivity contribution in [3.05, 3.63) is 71.3 Å². The van der Waals surface area contributed by atoms with Crippen molar-refractivity contribution in [2.24, 2.45) is 5.92 Å². The second-order valence-corrected chi connectivity index (χ2v) is 6.77. The summed E-state index contributed by atoms with van der Waals surface area (Å²) in [5.41, 5.74) is 4.23. The molecule has 0 saturated heterocycles. The molecule has 0 saturated carbocycles. The Morgan fingerprint density at radius 3 is 2.73 bits per heavy atom. The molecular weight excluding hydrogens is 326 g/mol. The molecule has 2 aromatic carbocycles. The van der Waals surface area contributed by atoms with E-state index in [0.717, 1.165) is 17.9 Å². The van der Waals surface area contributed by atoms with Crippen LogP contribution < -0.4 is 10.1 Å². The molecule has 0 radical (unpaired) electrons. The number of rotatable bonds is 4. The summed E-state index contributed by atoms with van der Waals surface area (Å²) in [6.45, 7) is 2.68. The van der Waals surface area contributed by atoms with Gasteiger partial charge in [-0.3, -0.25) is 0 Å². The molecule has 0 aromatic heterocycles. The van der Waals surface area contributed by atoms with Gasteiger partial charge in [0.2, 0.25) is 0 Å². The van der Waals surface area contributed by atoms with Crippen molar-refractivity contribution < 1.29 is 14.3 Å². The fraction of sp³-hybridized carbons (Fsp3) is 0.318. The van der Waals surface area contributed by atoms with Gasteiger partial charge in [0.25, 0.3) is 0 Å². The maximum atomic E-state index is 11.7. The van der Waals surface area contributed by atoms with E-state index in [9.17, 15) is 4.79 Å². The molecule has 26 heavy (non-hydrogen) atoms. The van der Waals surface area contributed by atoms with Crippen LogP contribution in [0.25, 0.3) is 0 Å². The van der Waals surface area contributed by atoms with Crippen molar-refractivity contribution in [1.29, 1.82) is 0 Å². The average Bonchev–Trinajstić information content (AvgIpc) is 3.17. The second-order valence-electron chi connectivity index (χ2n) is 6.77. The van der Waals surface area contributed by atoms with E-state index in [-0.39, 0.29) is 12.0 Å². The molecule has 134 valence electrons. The highest BCUT2D eigenvalue weighted by Gasteiger charge is 2.38. The second kappa shape index (κ2) is 6.87. The zero-order valence-corrected chi connectivity index (χ0v) is 15.1. The molecule has 2 aromatic rings. The molecular formula is C22H23NO3. The fourth-order valence-electron chi connectivity index (χ4n) is 4.10. The minimum atomic E-state index is -0.303. The Morgan fingerprint density at radius 1 is 1.19 bits per heavy atom. The number of carbonyl (C=O) groups excluding carboxylic acids is 1. The topological polar surface area (TPSA) is 47.6 Å². The highest BCUT2D eigenvalue weighted by molar-refractivity contribution is 5.89. The van der Waals surface area contributed by atoms with Crippen molar-refractivity contribution >= 4 is 11.7 Å². The summed E-state index contributed by atoms with van der Waals surface area (Å²) in [4.78, 5) is 11.7. The molecule has 1 aliphatic carbocycles. The van der Waals surface area contributed by atoms with Crippen LogP contribution in [0, 0.1) is 5.92 Å². The molecule has 1 heterocycles. The normalized spacial score (nSPS) is 22.9. The van der Waals surface area contributed by atoms with Crippen molar-refractivity contribution in [2.75, 3.05) is 19.0 Å². The zero-order chi connectivity index (χ0) is 18.1. The monoisotopic (exact) mass is 349 g/mol. The minimum Gasteiger partial charge on any atom is -0.494 e. The van der Waals surface area contributed by atoms with E-state index in [1.54, 1.807) is 0 Å². The van der Waals surface area contributed by atoms with Crippen LogP contribution >= 0.6 is 0 Å². The van der Waals surface area contributed by atoms with Gasteiger partial charge < -0.3 is 14.8 Å². The van der Waals surface area contributed by atoms with E-state index < -0.39 is 0 Å². The molecule has 1 aliphatic heterocycles. The van der Waals surface area contributed by atoms with E-state index in [4.69, 9.17) is 9.47 Å². The van der Waals surface area contributed by atoms with E-state index in [0.29, 0.717) is 24.0 Å². The number of esters is 1. The lowest BCUT2D eigenvalue weighted by Crippen LogP contribution is -2.29. The molecule has 3 atom stereocenters. The fourth-order valence-corrected chi connectivity index (χ4v) is 4.10. The van der Waals surface area contributed by atoms with Gasteiger partial charge >= 0.3 is 5.97 Å².